The van der Waals surface area contributed by atoms with Gasteiger partial charge in [0.05, 0.1) is 0 Å². The summed E-state index contributed by atoms with van der Waals surface area (Å²) in [5.74, 6) is 0. The Morgan fingerprint density at radius 1 is 1.33 bits per heavy atom. The normalized spacial score (nSPS) is 30.3. The van der Waals surface area contributed by atoms with Gasteiger partial charge in [-0.25, -0.2) is 0 Å². The van der Waals surface area contributed by atoms with Crippen molar-refractivity contribution in [2.45, 2.75) is 26.2 Å². The van der Waals surface area contributed by atoms with E-state index in [0.717, 1.165) is 5.41 Å². The van der Waals surface area contributed by atoms with E-state index in [9.17, 15) is 0 Å². The maximum absolute atomic E-state index is 2.52. The first kappa shape index (κ1) is 5.72. The molecule has 1 aliphatic carbocycles. The topological polar surface area (TPSA) is 3.01 Å². The summed E-state index contributed by atoms with van der Waals surface area (Å²) in [7, 11) is 0. The minimum atomic E-state index is 0.780. The van der Waals surface area contributed by atoms with Gasteiger partial charge in [-0.05, 0) is 31.2 Å². The van der Waals surface area contributed by atoms with Crippen molar-refractivity contribution in [3.8, 4) is 0 Å². The summed E-state index contributed by atoms with van der Waals surface area (Å²) in [5.41, 5.74) is 0.780. The molecule has 0 radical (unpaired) electrons. The van der Waals surface area contributed by atoms with E-state index in [-0.39, 0.29) is 0 Å². The van der Waals surface area contributed by atoms with Crippen molar-refractivity contribution < 1.29 is 0 Å². The molecule has 52 valence electrons. The number of hydrogen-bond donors (Lipinski definition) is 0. The Morgan fingerprint density at radius 2 is 2.00 bits per heavy atom. The molecule has 0 unspecified atom stereocenters. The number of rotatable bonds is 3. The molecule has 1 nitrogen and oxygen atoms in total. The molecule has 0 aromatic heterocycles. The fourth-order valence-corrected chi connectivity index (χ4v) is 1.19. The predicted molar refractivity (Wildman–Crippen MR) is 38.4 cm³/mol. The summed E-state index contributed by atoms with van der Waals surface area (Å²) in [6.45, 7) is 6.53. The van der Waals surface area contributed by atoms with Crippen LogP contribution in [0, 0.1) is 5.41 Å². The highest BCUT2D eigenvalue weighted by molar-refractivity contribution is 4.90. The summed E-state index contributed by atoms with van der Waals surface area (Å²) in [4.78, 5) is 2.52. The Hall–Kier alpha value is -0.0400. The van der Waals surface area contributed by atoms with E-state index in [1.807, 2.05) is 0 Å². The van der Waals surface area contributed by atoms with Crippen LogP contribution in [-0.4, -0.2) is 24.5 Å². The average Bonchev–Trinajstić information content (AvgIpc) is 2.58. The third kappa shape index (κ3) is 1.45. The molecule has 0 amide bonds. The van der Waals surface area contributed by atoms with Crippen molar-refractivity contribution in [1.29, 1.82) is 0 Å². The van der Waals surface area contributed by atoms with Crippen LogP contribution in [0.4, 0.5) is 0 Å². The Bertz CT molecular complexity index is 112. The van der Waals surface area contributed by atoms with Gasteiger partial charge in [0.15, 0.2) is 0 Å². The van der Waals surface area contributed by atoms with Crippen molar-refractivity contribution in [3.63, 3.8) is 0 Å². The second kappa shape index (κ2) is 1.72. The Labute approximate surface area is 57.0 Å². The molecule has 2 rings (SSSR count). The first-order valence-electron chi connectivity index (χ1n) is 4.01. The van der Waals surface area contributed by atoms with Crippen molar-refractivity contribution >= 4 is 0 Å². The maximum atomic E-state index is 2.52. The van der Waals surface area contributed by atoms with E-state index in [1.165, 1.54) is 38.9 Å². The van der Waals surface area contributed by atoms with Crippen LogP contribution >= 0.6 is 0 Å². The molecule has 1 heteroatoms. The van der Waals surface area contributed by atoms with Gasteiger partial charge in [-0.3, -0.25) is 0 Å². The molecule has 0 aromatic rings. The van der Waals surface area contributed by atoms with Crippen LogP contribution in [0.2, 0.25) is 0 Å². The van der Waals surface area contributed by atoms with Crippen molar-refractivity contribution in [3.05, 3.63) is 0 Å². The minimum absolute atomic E-state index is 0.780. The van der Waals surface area contributed by atoms with Gasteiger partial charge in [0.1, 0.15) is 0 Å². The molecule has 0 aromatic carbocycles. The third-order valence-electron chi connectivity index (χ3n) is 2.67. The van der Waals surface area contributed by atoms with Crippen molar-refractivity contribution in [1.82, 2.24) is 4.90 Å². The lowest BCUT2D eigenvalue weighted by molar-refractivity contribution is 0.431. The van der Waals surface area contributed by atoms with Crippen LogP contribution in [0.5, 0.6) is 0 Å². The van der Waals surface area contributed by atoms with Crippen LogP contribution in [0.3, 0.4) is 0 Å². The van der Waals surface area contributed by atoms with Gasteiger partial charge in [-0.1, -0.05) is 6.92 Å². The molecule has 0 atom stereocenters. The largest absolute Gasteiger partial charge is 0.301 e. The summed E-state index contributed by atoms with van der Waals surface area (Å²) in [5, 5.41) is 0. The molecule has 1 aliphatic heterocycles. The summed E-state index contributed by atoms with van der Waals surface area (Å²) >= 11 is 0. The highest BCUT2D eigenvalue weighted by Gasteiger charge is 2.37. The molecule has 0 bridgehead atoms. The van der Waals surface area contributed by atoms with Crippen LogP contribution in [-0.2, 0) is 0 Å². The second-order valence-electron chi connectivity index (χ2n) is 3.90. The van der Waals surface area contributed by atoms with Gasteiger partial charge in [0.2, 0.25) is 0 Å². The summed E-state index contributed by atoms with van der Waals surface area (Å²) < 4.78 is 0. The number of nitrogens with zero attached hydrogens (tertiary/aromatic N) is 1. The third-order valence-corrected chi connectivity index (χ3v) is 2.67. The smallest absolute Gasteiger partial charge is 0.0110 e. The monoisotopic (exact) mass is 125 g/mol. The molecule has 9 heavy (non-hydrogen) atoms. The zero-order valence-electron chi connectivity index (χ0n) is 6.19. The molecule has 0 spiro atoms. The van der Waals surface area contributed by atoms with E-state index in [2.05, 4.69) is 11.8 Å². The van der Waals surface area contributed by atoms with E-state index in [0.29, 0.717) is 0 Å². The molecule has 2 aliphatic rings. The quantitative estimate of drug-likeness (QED) is 0.516. The van der Waals surface area contributed by atoms with Crippen molar-refractivity contribution in [2.75, 3.05) is 19.6 Å². The molecule has 1 heterocycles. The lowest BCUT2D eigenvalue weighted by Gasteiger charge is -2.06. The standard InChI is InChI=1S/C8H15N/c1-8(2-3-8)4-5-9-6-7-9/h2-7H2,1H3. The zero-order chi connectivity index (χ0) is 6.32. The Kier molecular flexibility index (Phi) is 1.10. The molecule has 1 saturated carbocycles. The summed E-state index contributed by atoms with van der Waals surface area (Å²) in [6, 6.07) is 0. The summed E-state index contributed by atoms with van der Waals surface area (Å²) in [6.07, 6.45) is 4.43. The van der Waals surface area contributed by atoms with E-state index >= 15 is 0 Å². The fourth-order valence-electron chi connectivity index (χ4n) is 1.19. The SMILES string of the molecule is CC1(CCN2CC2)CC1. The van der Waals surface area contributed by atoms with Gasteiger partial charge in [-0.2, -0.15) is 0 Å². The van der Waals surface area contributed by atoms with E-state index in [4.69, 9.17) is 0 Å². The highest BCUT2D eigenvalue weighted by atomic mass is 15.2. The van der Waals surface area contributed by atoms with Gasteiger partial charge in [0, 0.05) is 13.1 Å². The van der Waals surface area contributed by atoms with E-state index < -0.39 is 0 Å². The van der Waals surface area contributed by atoms with Gasteiger partial charge in [-0.15, -0.1) is 0 Å². The van der Waals surface area contributed by atoms with Gasteiger partial charge < -0.3 is 4.90 Å². The van der Waals surface area contributed by atoms with Crippen LogP contribution < -0.4 is 0 Å². The molecule has 2 fully saturated rings. The first-order chi connectivity index (χ1) is 4.29. The fraction of sp³-hybridized carbons (Fsp3) is 1.00. The first-order valence-corrected chi connectivity index (χ1v) is 4.01. The lowest BCUT2D eigenvalue weighted by atomic mass is 10.1. The van der Waals surface area contributed by atoms with Gasteiger partial charge in [0.25, 0.3) is 0 Å². The van der Waals surface area contributed by atoms with Crippen LogP contribution in [0.15, 0.2) is 0 Å². The van der Waals surface area contributed by atoms with Crippen molar-refractivity contribution in [2.24, 2.45) is 5.41 Å². The molecular formula is C8H15N. The molecular weight excluding hydrogens is 110 g/mol. The maximum Gasteiger partial charge on any atom is 0.0110 e. The lowest BCUT2D eigenvalue weighted by Crippen LogP contribution is -2.05. The zero-order valence-corrected chi connectivity index (χ0v) is 6.19. The predicted octanol–water partition coefficient (Wildman–Crippen LogP) is 1.49. The van der Waals surface area contributed by atoms with Crippen LogP contribution in [0.1, 0.15) is 26.2 Å². The van der Waals surface area contributed by atoms with E-state index in [1.54, 1.807) is 0 Å². The Balaban J connectivity index is 1.65. The molecule has 0 N–H and O–H groups in total. The minimum Gasteiger partial charge on any atom is -0.301 e. The second-order valence-corrected chi connectivity index (χ2v) is 3.90. The average molecular weight is 125 g/mol. The number of hydrogen-bond acceptors (Lipinski definition) is 1. The molecule has 1 saturated heterocycles. The highest BCUT2D eigenvalue weighted by Crippen LogP contribution is 2.48. The van der Waals surface area contributed by atoms with Crippen LogP contribution in [0.25, 0.3) is 0 Å². The Morgan fingerprint density at radius 3 is 2.44 bits per heavy atom. The van der Waals surface area contributed by atoms with Gasteiger partial charge >= 0.3 is 0 Å².